The average Bonchev–Trinajstić information content (AvgIpc) is 2.48. The number of nitrogens with zero attached hydrogens (tertiary/aromatic N) is 3. The van der Waals surface area contributed by atoms with E-state index in [4.69, 9.17) is 0 Å². The zero-order valence-corrected chi connectivity index (χ0v) is 13.1. The summed E-state index contributed by atoms with van der Waals surface area (Å²) in [5.41, 5.74) is 2.15. The molecule has 2 aromatic rings. The Kier molecular flexibility index (Phi) is 5.55. The highest BCUT2D eigenvalue weighted by Gasteiger charge is 2.12. The van der Waals surface area contributed by atoms with E-state index >= 15 is 0 Å². The van der Waals surface area contributed by atoms with Crippen molar-refractivity contribution in [3.05, 3.63) is 42.1 Å². The van der Waals surface area contributed by atoms with E-state index in [0.29, 0.717) is 5.95 Å². The van der Waals surface area contributed by atoms with E-state index in [2.05, 4.69) is 58.3 Å². The molecule has 0 spiro atoms. The lowest BCUT2D eigenvalue weighted by molar-refractivity contribution is 0.778. The van der Waals surface area contributed by atoms with Crippen LogP contribution in [0.5, 0.6) is 0 Å². The van der Waals surface area contributed by atoms with E-state index < -0.39 is 0 Å². The molecule has 0 aliphatic heterocycles. The maximum atomic E-state index is 4.66. The molecule has 0 saturated carbocycles. The van der Waals surface area contributed by atoms with E-state index in [1.54, 1.807) is 0 Å². The van der Waals surface area contributed by atoms with Crippen molar-refractivity contribution in [2.45, 2.75) is 33.6 Å². The molecule has 1 N–H and O–H groups in total. The third kappa shape index (κ3) is 4.18. The highest BCUT2D eigenvalue weighted by atomic mass is 15.2. The fraction of sp³-hybridized carbons (Fsp3) is 0.412. The van der Waals surface area contributed by atoms with Crippen LogP contribution in [0.2, 0.25) is 0 Å². The fourth-order valence-corrected chi connectivity index (χ4v) is 2.23. The van der Waals surface area contributed by atoms with Gasteiger partial charge in [-0.25, -0.2) is 4.98 Å². The van der Waals surface area contributed by atoms with Crippen LogP contribution in [0.3, 0.4) is 0 Å². The lowest BCUT2D eigenvalue weighted by atomic mass is 10.2. The molecule has 0 aliphatic rings. The molecule has 1 heterocycles. The van der Waals surface area contributed by atoms with Crippen molar-refractivity contribution < 1.29 is 0 Å². The van der Waals surface area contributed by atoms with Crippen LogP contribution >= 0.6 is 0 Å². The van der Waals surface area contributed by atoms with Crippen LogP contribution in [0.15, 0.2) is 36.4 Å². The summed E-state index contributed by atoms with van der Waals surface area (Å²) in [6.45, 7) is 8.05. The maximum Gasteiger partial charge on any atom is 0.224 e. The number of rotatable bonds is 7. The van der Waals surface area contributed by atoms with Gasteiger partial charge in [0.05, 0.1) is 0 Å². The van der Waals surface area contributed by atoms with Crippen LogP contribution in [0.1, 0.15) is 32.4 Å². The van der Waals surface area contributed by atoms with Gasteiger partial charge >= 0.3 is 0 Å². The second-order valence-electron chi connectivity index (χ2n) is 5.06. The number of para-hydroxylation sites is 1. The zero-order chi connectivity index (χ0) is 15.1. The first-order valence-corrected chi connectivity index (χ1v) is 7.66. The van der Waals surface area contributed by atoms with Gasteiger partial charge in [-0.3, -0.25) is 0 Å². The van der Waals surface area contributed by atoms with Gasteiger partial charge in [0.15, 0.2) is 0 Å². The molecule has 4 nitrogen and oxygen atoms in total. The smallest absolute Gasteiger partial charge is 0.224 e. The van der Waals surface area contributed by atoms with Crippen molar-refractivity contribution in [3.63, 3.8) is 0 Å². The summed E-state index contributed by atoms with van der Waals surface area (Å²) < 4.78 is 0. The molecule has 0 radical (unpaired) electrons. The molecular formula is C17H24N4. The number of benzene rings is 1. The summed E-state index contributed by atoms with van der Waals surface area (Å²) in [7, 11) is 0. The number of hydrogen-bond donors (Lipinski definition) is 1. The number of aromatic nitrogens is 2. The largest absolute Gasteiger partial charge is 0.354 e. The fourth-order valence-electron chi connectivity index (χ4n) is 2.23. The Balaban J connectivity index is 2.36. The summed E-state index contributed by atoms with van der Waals surface area (Å²) in [4.78, 5) is 11.4. The van der Waals surface area contributed by atoms with Crippen LogP contribution in [0.4, 0.5) is 17.5 Å². The predicted octanol–water partition coefficient (Wildman–Crippen LogP) is 4.16. The van der Waals surface area contributed by atoms with Gasteiger partial charge in [-0.15, -0.1) is 0 Å². The molecule has 0 aliphatic carbocycles. The Hall–Kier alpha value is -2.10. The van der Waals surface area contributed by atoms with Gasteiger partial charge in [-0.05, 0) is 32.4 Å². The minimum absolute atomic E-state index is 0.699. The van der Waals surface area contributed by atoms with Gasteiger partial charge < -0.3 is 10.2 Å². The molecule has 0 amide bonds. The van der Waals surface area contributed by atoms with Crippen LogP contribution in [-0.2, 0) is 0 Å². The first-order valence-electron chi connectivity index (χ1n) is 7.66. The Morgan fingerprint density at radius 2 is 1.86 bits per heavy atom. The summed E-state index contributed by atoms with van der Waals surface area (Å²) in [5.74, 6) is 1.66. The van der Waals surface area contributed by atoms with Gasteiger partial charge in [0, 0.05) is 30.5 Å². The van der Waals surface area contributed by atoms with Crippen molar-refractivity contribution in [1.29, 1.82) is 0 Å². The topological polar surface area (TPSA) is 41.1 Å². The Morgan fingerprint density at radius 3 is 2.52 bits per heavy atom. The molecule has 2 rings (SSSR count). The van der Waals surface area contributed by atoms with Crippen molar-refractivity contribution in [2.24, 2.45) is 0 Å². The lowest BCUT2D eigenvalue weighted by Gasteiger charge is -2.24. The van der Waals surface area contributed by atoms with Gasteiger partial charge in [0.25, 0.3) is 0 Å². The molecule has 0 atom stereocenters. The second-order valence-corrected chi connectivity index (χ2v) is 5.06. The molecule has 1 aromatic heterocycles. The van der Waals surface area contributed by atoms with Gasteiger partial charge in [-0.2, -0.15) is 4.98 Å². The first kappa shape index (κ1) is 15.3. The van der Waals surface area contributed by atoms with E-state index in [0.717, 1.165) is 37.4 Å². The number of aryl methyl sites for hydroxylation is 1. The van der Waals surface area contributed by atoms with Crippen LogP contribution in [0, 0.1) is 6.92 Å². The molecule has 4 heteroatoms. The Labute approximate surface area is 127 Å². The van der Waals surface area contributed by atoms with Crippen molar-refractivity contribution >= 4 is 17.5 Å². The standard InChI is InChI=1S/C17H24N4/c1-4-6-12-21(15-10-8-7-9-11-15)16-13-14(3)19-17(20-16)18-5-2/h7-11,13H,4-6,12H2,1-3H3,(H,18,19,20). The van der Waals surface area contributed by atoms with Gasteiger partial charge in [0.1, 0.15) is 5.82 Å². The van der Waals surface area contributed by atoms with E-state index in [1.807, 2.05) is 19.1 Å². The molecule has 0 bridgehead atoms. The molecule has 0 saturated heterocycles. The average molecular weight is 284 g/mol. The van der Waals surface area contributed by atoms with Gasteiger partial charge in [0.2, 0.25) is 5.95 Å². The third-order valence-corrected chi connectivity index (χ3v) is 3.26. The van der Waals surface area contributed by atoms with Crippen molar-refractivity contribution in [1.82, 2.24) is 9.97 Å². The summed E-state index contributed by atoms with van der Waals surface area (Å²) in [5, 5.41) is 3.20. The zero-order valence-electron chi connectivity index (χ0n) is 13.1. The van der Waals surface area contributed by atoms with Crippen molar-refractivity contribution in [3.8, 4) is 0 Å². The molecule has 1 aromatic carbocycles. The molecule has 21 heavy (non-hydrogen) atoms. The van der Waals surface area contributed by atoms with Crippen molar-refractivity contribution in [2.75, 3.05) is 23.3 Å². The minimum atomic E-state index is 0.699. The first-order chi connectivity index (χ1) is 10.2. The molecule has 112 valence electrons. The van der Waals surface area contributed by atoms with E-state index in [9.17, 15) is 0 Å². The minimum Gasteiger partial charge on any atom is -0.354 e. The highest BCUT2D eigenvalue weighted by Crippen LogP contribution is 2.25. The highest BCUT2D eigenvalue weighted by molar-refractivity contribution is 5.61. The van der Waals surface area contributed by atoms with Crippen LogP contribution in [-0.4, -0.2) is 23.1 Å². The van der Waals surface area contributed by atoms with Gasteiger partial charge in [-0.1, -0.05) is 31.5 Å². The monoisotopic (exact) mass is 284 g/mol. The third-order valence-electron chi connectivity index (χ3n) is 3.26. The number of unbranched alkanes of at least 4 members (excludes halogenated alkanes) is 1. The maximum absolute atomic E-state index is 4.66. The molecule has 0 fully saturated rings. The summed E-state index contributed by atoms with van der Waals surface area (Å²) in [6, 6.07) is 12.5. The van der Waals surface area contributed by atoms with Crippen LogP contribution in [0.25, 0.3) is 0 Å². The van der Waals surface area contributed by atoms with E-state index in [1.165, 1.54) is 5.69 Å². The summed E-state index contributed by atoms with van der Waals surface area (Å²) in [6.07, 6.45) is 2.29. The SMILES string of the molecule is CCCCN(c1ccccc1)c1cc(C)nc(NCC)n1. The number of hydrogen-bond acceptors (Lipinski definition) is 4. The normalized spacial score (nSPS) is 10.4. The number of nitrogens with one attached hydrogen (secondary N) is 1. The van der Waals surface area contributed by atoms with Crippen LogP contribution < -0.4 is 10.2 Å². The Bertz CT molecular complexity index is 554. The predicted molar refractivity (Wildman–Crippen MR) is 89.3 cm³/mol. The quantitative estimate of drug-likeness (QED) is 0.829. The summed E-state index contributed by atoms with van der Waals surface area (Å²) >= 11 is 0. The molecule has 0 unspecified atom stereocenters. The Morgan fingerprint density at radius 1 is 1.10 bits per heavy atom. The number of anilines is 3. The molecular weight excluding hydrogens is 260 g/mol. The van der Waals surface area contributed by atoms with E-state index in [-0.39, 0.29) is 0 Å². The second kappa shape index (κ2) is 7.62. The lowest BCUT2D eigenvalue weighted by Crippen LogP contribution is -2.20.